The molecule has 1 aromatic carbocycles. The number of benzene rings is 1. The highest BCUT2D eigenvalue weighted by Gasteiger charge is 2.32. The third kappa shape index (κ3) is 3.95. The van der Waals surface area contributed by atoms with E-state index in [9.17, 15) is 13.6 Å². The van der Waals surface area contributed by atoms with Crippen LogP contribution in [0.3, 0.4) is 0 Å². The van der Waals surface area contributed by atoms with E-state index in [4.69, 9.17) is 4.74 Å². The highest BCUT2D eigenvalue weighted by atomic mass is 19.3. The minimum absolute atomic E-state index is 0.0538. The van der Waals surface area contributed by atoms with E-state index in [0.29, 0.717) is 0 Å². The highest BCUT2D eigenvalue weighted by Crippen LogP contribution is 2.33. The molecule has 0 aromatic heterocycles. The summed E-state index contributed by atoms with van der Waals surface area (Å²) in [5.41, 5.74) is 0.0688. The van der Waals surface area contributed by atoms with Crippen LogP contribution in [-0.2, 0) is 0 Å². The number of carbonyl (C=O) groups excluding carboxylic acids is 1. The lowest BCUT2D eigenvalue weighted by atomic mass is 10.0. The van der Waals surface area contributed by atoms with Crippen molar-refractivity contribution in [2.75, 3.05) is 20.2 Å². The number of methoxy groups -OCH3 is 1. The lowest BCUT2D eigenvalue weighted by Crippen LogP contribution is -2.45. The topological polar surface area (TPSA) is 50.8 Å². The summed E-state index contributed by atoms with van der Waals surface area (Å²) in [6.07, 6.45) is 4.29. The Bertz CT molecular complexity index is 585. The number of likely N-dealkylation sites (tertiary alicyclic amines) is 1. The summed E-state index contributed by atoms with van der Waals surface area (Å²) in [6, 6.07) is 5.32. The lowest BCUT2D eigenvalue weighted by molar-refractivity contribution is -0.0515. The number of amides is 1. The van der Waals surface area contributed by atoms with Crippen molar-refractivity contribution in [2.45, 2.75) is 44.4 Å². The summed E-state index contributed by atoms with van der Waals surface area (Å²) in [4.78, 5) is 15.0. The van der Waals surface area contributed by atoms with Gasteiger partial charge in [0, 0.05) is 25.2 Å². The molecular formula is C17H22F2N2O3. The molecule has 1 aliphatic heterocycles. The third-order valence-corrected chi connectivity index (χ3v) is 4.58. The summed E-state index contributed by atoms with van der Waals surface area (Å²) < 4.78 is 34.8. The van der Waals surface area contributed by atoms with Crippen molar-refractivity contribution in [3.8, 4) is 11.5 Å². The number of piperidine rings is 1. The van der Waals surface area contributed by atoms with Crippen LogP contribution < -0.4 is 14.8 Å². The second-order valence-electron chi connectivity index (χ2n) is 6.23. The number of hydrogen-bond donors (Lipinski definition) is 1. The fourth-order valence-corrected chi connectivity index (χ4v) is 3.18. The molecular weight excluding hydrogens is 318 g/mol. The molecule has 2 fully saturated rings. The smallest absolute Gasteiger partial charge is 0.387 e. The number of para-hydroxylation sites is 1. The van der Waals surface area contributed by atoms with Gasteiger partial charge in [0.2, 0.25) is 0 Å². The summed E-state index contributed by atoms with van der Waals surface area (Å²) in [5.74, 6) is -0.510. The number of rotatable bonds is 6. The van der Waals surface area contributed by atoms with Gasteiger partial charge in [0.15, 0.2) is 11.5 Å². The molecule has 1 heterocycles. The van der Waals surface area contributed by atoms with E-state index in [1.807, 2.05) is 0 Å². The predicted octanol–water partition coefficient (Wildman–Crippen LogP) is 2.65. The molecule has 1 N–H and O–H groups in total. The summed E-state index contributed by atoms with van der Waals surface area (Å²) in [6.45, 7) is -1.09. The average Bonchev–Trinajstić information content (AvgIpc) is 3.40. The van der Waals surface area contributed by atoms with Crippen LogP contribution in [-0.4, -0.2) is 49.7 Å². The van der Waals surface area contributed by atoms with Gasteiger partial charge in [0.1, 0.15) is 0 Å². The Morgan fingerprint density at radius 2 is 1.96 bits per heavy atom. The van der Waals surface area contributed by atoms with Gasteiger partial charge in [0.25, 0.3) is 5.91 Å². The first-order valence-corrected chi connectivity index (χ1v) is 8.25. The van der Waals surface area contributed by atoms with Crippen LogP contribution in [0.1, 0.15) is 36.0 Å². The number of hydrogen-bond acceptors (Lipinski definition) is 4. The molecule has 1 saturated heterocycles. The first-order chi connectivity index (χ1) is 11.6. The maximum absolute atomic E-state index is 12.6. The number of carbonyl (C=O) groups is 1. The molecule has 2 aliphatic rings. The van der Waals surface area contributed by atoms with E-state index in [-0.39, 0.29) is 23.1 Å². The first-order valence-electron chi connectivity index (χ1n) is 8.25. The van der Waals surface area contributed by atoms with Crippen LogP contribution >= 0.6 is 0 Å². The second kappa shape index (κ2) is 7.34. The van der Waals surface area contributed by atoms with Gasteiger partial charge >= 0.3 is 6.61 Å². The maximum Gasteiger partial charge on any atom is 0.387 e. The molecule has 0 unspecified atom stereocenters. The molecule has 24 heavy (non-hydrogen) atoms. The van der Waals surface area contributed by atoms with Crippen LogP contribution in [0.15, 0.2) is 18.2 Å². The Morgan fingerprint density at radius 1 is 1.25 bits per heavy atom. The molecule has 1 aromatic rings. The fourth-order valence-electron chi connectivity index (χ4n) is 3.18. The van der Waals surface area contributed by atoms with Crippen molar-refractivity contribution in [1.82, 2.24) is 10.2 Å². The van der Waals surface area contributed by atoms with Gasteiger partial charge in [-0.25, -0.2) is 0 Å². The molecule has 1 amide bonds. The molecule has 0 spiro atoms. The van der Waals surface area contributed by atoms with Gasteiger partial charge < -0.3 is 19.7 Å². The normalized spacial score (nSPS) is 19.3. The van der Waals surface area contributed by atoms with Gasteiger partial charge in [-0.05, 0) is 37.8 Å². The zero-order chi connectivity index (χ0) is 17.1. The Hall–Kier alpha value is -1.89. The van der Waals surface area contributed by atoms with Gasteiger partial charge in [-0.1, -0.05) is 6.07 Å². The Kier molecular flexibility index (Phi) is 5.18. The monoisotopic (exact) mass is 340 g/mol. The largest absolute Gasteiger partial charge is 0.493 e. The standard InChI is InChI=1S/C17H22F2N2O3/c1-23-14-4-2-3-13(15(14)24-17(18)19)16(22)20-11-7-9-21(10-8-11)12-5-6-12/h2-4,11-12,17H,5-10H2,1H3,(H,20,22). The molecule has 0 radical (unpaired) electrons. The van der Waals surface area contributed by atoms with E-state index in [0.717, 1.165) is 32.0 Å². The molecule has 3 rings (SSSR count). The van der Waals surface area contributed by atoms with Gasteiger partial charge in [-0.3, -0.25) is 4.79 Å². The molecule has 7 heteroatoms. The number of ether oxygens (including phenoxy) is 2. The van der Waals surface area contributed by atoms with Crippen LogP contribution in [0.4, 0.5) is 8.78 Å². The minimum Gasteiger partial charge on any atom is -0.493 e. The van der Waals surface area contributed by atoms with Crippen LogP contribution in [0.2, 0.25) is 0 Å². The average molecular weight is 340 g/mol. The van der Waals surface area contributed by atoms with E-state index in [1.54, 1.807) is 6.07 Å². The van der Waals surface area contributed by atoms with Crippen LogP contribution in [0.25, 0.3) is 0 Å². The number of alkyl halides is 2. The van der Waals surface area contributed by atoms with Crippen molar-refractivity contribution >= 4 is 5.91 Å². The van der Waals surface area contributed by atoms with Crippen molar-refractivity contribution < 1.29 is 23.0 Å². The summed E-state index contributed by atoms with van der Waals surface area (Å²) in [7, 11) is 1.35. The van der Waals surface area contributed by atoms with E-state index in [1.165, 1.54) is 32.1 Å². The number of halogens is 2. The zero-order valence-electron chi connectivity index (χ0n) is 13.6. The Morgan fingerprint density at radius 3 is 2.54 bits per heavy atom. The molecule has 0 bridgehead atoms. The zero-order valence-corrected chi connectivity index (χ0v) is 13.6. The van der Waals surface area contributed by atoms with E-state index in [2.05, 4.69) is 15.0 Å². The Balaban J connectivity index is 1.66. The SMILES string of the molecule is COc1cccc(C(=O)NC2CCN(C3CC3)CC2)c1OC(F)F. The van der Waals surface area contributed by atoms with Crippen molar-refractivity contribution in [1.29, 1.82) is 0 Å². The number of nitrogens with zero attached hydrogens (tertiary/aromatic N) is 1. The lowest BCUT2D eigenvalue weighted by Gasteiger charge is -2.32. The van der Waals surface area contributed by atoms with Crippen molar-refractivity contribution in [3.05, 3.63) is 23.8 Å². The molecule has 132 valence electrons. The molecule has 0 atom stereocenters. The molecule has 5 nitrogen and oxygen atoms in total. The fraction of sp³-hybridized carbons (Fsp3) is 0.588. The van der Waals surface area contributed by atoms with Crippen molar-refractivity contribution in [2.24, 2.45) is 0 Å². The van der Waals surface area contributed by atoms with Crippen LogP contribution in [0, 0.1) is 0 Å². The van der Waals surface area contributed by atoms with Crippen LogP contribution in [0.5, 0.6) is 11.5 Å². The number of nitrogens with one attached hydrogen (secondary N) is 1. The predicted molar refractivity (Wildman–Crippen MR) is 84.7 cm³/mol. The maximum atomic E-state index is 12.6. The van der Waals surface area contributed by atoms with E-state index >= 15 is 0 Å². The quantitative estimate of drug-likeness (QED) is 0.865. The first kappa shape index (κ1) is 17.0. The van der Waals surface area contributed by atoms with Gasteiger partial charge in [-0.2, -0.15) is 8.78 Å². The minimum atomic E-state index is -3.02. The second-order valence-corrected chi connectivity index (χ2v) is 6.23. The Labute approximate surface area is 139 Å². The van der Waals surface area contributed by atoms with Gasteiger partial charge in [-0.15, -0.1) is 0 Å². The summed E-state index contributed by atoms with van der Waals surface area (Å²) >= 11 is 0. The van der Waals surface area contributed by atoms with Crippen molar-refractivity contribution in [3.63, 3.8) is 0 Å². The molecule has 1 saturated carbocycles. The van der Waals surface area contributed by atoms with Gasteiger partial charge in [0.05, 0.1) is 12.7 Å². The third-order valence-electron chi connectivity index (χ3n) is 4.58. The summed E-state index contributed by atoms with van der Waals surface area (Å²) in [5, 5.41) is 2.93. The molecule has 1 aliphatic carbocycles. The van der Waals surface area contributed by atoms with E-state index < -0.39 is 12.5 Å². The highest BCUT2D eigenvalue weighted by molar-refractivity contribution is 5.98.